The molecule has 0 spiro atoms. The average Bonchev–Trinajstić information content (AvgIpc) is 2.89. The van der Waals surface area contributed by atoms with E-state index in [1.807, 2.05) is 30.3 Å². The molecule has 0 saturated carbocycles. The lowest BCUT2D eigenvalue weighted by molar-refractivity contribution is -0.129. The molecule has 0 fully saturated rings. The fourth-order valence-electron chi connectivity index (χ4n) is 3.92. The van der Waals surface area contributed by atoms with Gasteiger partial charge in [0.05, 0.1) is 38.6 Å². The third kappa shape index (κ3) is 4.17. The number of nitriles is 1. The van der Waals surface area contributed by atoms with Crippen LogP contribution in [-0.2, 0) is 11.2 Å². The number of carbonyl (C=O) groups is 2. The molecule has 0 bridgehead atoms. The highest BCUT2D eigenvalue weighted by atomic mass is 16.5. The second kappa shape index (κ2) is 9.64. The number of imide groups is 1. The van der Waals surface area contributed by atoms with Gasteiger partial charge in [0.25, 0.3) is 11.5 Å². The summed E-state index contributed by atoms with van der Waals surface area (Å²) in [6.07, 6.45) is 2.02. The lowest BCUT2D eigenvalue weighted by Gasteiger charge is -2.29. The van der Waals surface area contributed by atoms with E-state index in [4.69, 9.17) is 14.2 Å². The van der Waals surface area contributed by atoms with Gasteiger partial charge in [-0.05, 0) is 12.0 Å². The van der Waals surface area contributed by atoms with Crippen LogP contribution in [0.4, 0.5) is 0 Å². The molecule has 1 atom stereocenters. The zero-order valence-electron chi connectivity index (χ0n) is 19.6. The maximum Gasteiger partial charge on any atom is 0.282 e. The molecule has 1 aromatic heterocycles. The minimum absolute atomic E-state index is 0.0151. The summed E-state index contributed by atoms with van der Waals surface area (Å²) >= 11 is 0. The zero-order valence-corrected chi connectivity index (χ0v) is 19.6. The number of fused-ring (bicyclic) bond motifs is 1. The monoisotopic (exact) mass is 474 g/mol. The lowest BCUT2D eigenvalue weighted by atomic mass is 9.90. The quantitative estimate of drug-likeness (QED) is 0.389. The van der Waals surface area contributed by atoms with Crippen LogP contribution in [0.3, 0.4) is 0 Å². The van der Waals surface area contributed by atoms with Gasteiger partial charge in [0.1, 0.15) is 0 Å². The maximum atomic E-state index is 13.1. The maximum absolute atomic E-state index is 13.1. The SMILES string of the molecule is COc1cc(-n2nc3c(nc2=NC#N)C(Cc2ccccc2)C(=O)N(C)C3=O)cc(OC)c1OC. The van der Waals surface area contributed by atoms with Crippen LogP contribution in [0.5, 0.6) is 17.2 Å². The van der Waals surface area contributed by atoms with Crippen LogP contribution in [0, 0.1) is 11.5 Å². The smallest absolute Gasteiger partial charge is 0.282 e. The van der Waals surface area contributed by atoms with Crippen molar-refractivity contribution in [3.63, 3.8) is 0 Å². The predicted octanol–water partition coefficient (Wildman–Crippen LogP) is 1.61. The Morgan fingerprint density at radius 3 is 2.29 bits per heavy atom. The number of ether oxygens (including phenoxy) is 3. The Kier molecular flexibility index (Phi) is 6.46. The summed E-state index contributed by atoms with van der Waals surface area (Å²) in [6.45, 7) is 0. The van der Waals surface area contributed by atoms with E-state index in [9.17, 15) is 14.9 Å². The van der Waals surface area contributed by atoms with Gasteiger partial charge in [-0.3, -0.25) is 14.5 Å². The Morgan fingerprint density at radius 1 is 1.06 bits per heavy atom. The van der Waals surface area contributed by atoms with Gasteiger partial charge < -0.3 is 14.2 Å². The summed E-state index contributed by atoms with van der Waals surface area (Å²) in [5.41, 5.74) is 1.29. The number of likely N-dealkylation sites (N-methyl/N-ethyl adjacent to an activating group) is 1. The van der Waals surface area contributed by atoms with Crippen LogP contribution in [0.15, 0.2) is 47.5 Å². The Balaban J connectivity index is 1.95. The minimum Gasteiger partial charge on any atom is -0.493 e. The van der Waals surface area contributed by atoms with Crippen molar-refractivity contribution in [2.45, 2.75) is 12.3 Å². The summed E-state index contributed by atoms with van der Waals surface area (Å²) in [5, 5.41) is 13.8. The van der Waals surface area contributed by atoms with Gasteiger partial charge in [0.2, 0.25) is 17.8 Å². The Labute approximate surface area is 200 Å². The molecular weight excluding hydrogens is 452 g/mol. The van der Waals surface area contributed by atoms with Crippen molar-refractivity contribution in [2.75, 3.05) is 28.4 Å². The van der Waals surface area contributed by atoms with Crippen molar-refractivity contribution in [1.29, 1.82) is 5.26 Å². The van der Waals surface area contributed by atoms with Gasteiger partial charge in [-0.1, -0.05) is 30.3 Å². The molecule has 2 amide bonds. The summed E-state index contributed by atoms with van der Waals surface area (Å²) in [6, 6.07) is 12.5. The Bertz CT molecular complexity index is 1390. The highest BCUT2D eigenvalue weighted by molar-refractivity contribution is 6.09. The Hall–Kier alpha value is -4.72. The number of amides is 2. The molecule has 4 rings (SSSR count). The topological polar surface area (TPSA) is 132 Å². The number of hydrogen-bond acceptors (Lipinski definition) is 9. The molecule has 2 heterocycles. The first kappa shape index (κ1) is 23.4. The molecule has 0 N–H and O–H groups in total. The normalized spacial score (nSPS) is 15.5. The van der Waals surface area contributed by atoms with Crippen LogP contribution in [0.25, 0.3) is 5.69 Å². The number of rotatable bonds is 6. The molecule has 0 saturated heterocycles. The third-order valence-electron chi connectivity index (χ3n) is 5.65. The molecule has 1 aliphatic rings. The van der Waals surface area contributed by atoms with Gasteiger partial charge in [0, 0.05) is 19.2 Å². The molecule has 35 heavy (non-hydrogen) atoms. The molecule has 2 aromatic carbocycles. The van der Waals surface area contributed by atoms with E-state index in [1.165, 1.54) is 33.1 Å². The summed E-state index contributed by atoms with van der Waals surface area (Å²) in [7, 11) is 5.80. The van der Waals surface area contributed by atoms with Gasteiger partial charge in [-0.25, -0.2) is 4.98 Å². The number of nitrogens with zero attached hydrogens (tertiary/aromatic N) is 6. The molecule has 0 aliphatic carbocycles. The average molecular weight is 474 g/mol. The predicted molar refractivity (Wildman–Crippen MR) is 122 cm³/mol. The van der Waals surface area contributed by atoms with E-state index in [0.717, 1.165) is 10.5 Å². The fraction of sp³-hybridized carbons (Fsp3) is 0.250. The molecule has 3 aromatic rings. The molecule has 11 heteroatoms. The van der Waals surface area contributed by atoms with E-state index >= 15 is 0 Å². The largest absolute Gasteiger partial charge is 0.493 e. The highest BCUT2D eigenvalue weighted by Crippen LogP contribution is 2.39. The van der Waals surface area contributed by atoms with Crippen molar-refractivity contribution in [2.24, 2.45) is 4.99 Å². The summed E-state index contributed by atoms with van der Waals surface area (Å²) in [4.78, 5) is 35.4. The van der Waals surface area contributed by atoms with Crippen LogP contribution in [-0.4, -0.2) is 59.9 Å². The molecule has 0 radical (unpaired) electrons. The third-order valence-corrected chi connectivity index (χ3v) is 5.65. The highest BCUT2D eigenvalue weighted by Gasteiger charge is 2.40. The molecule has 1 aliphatic heterocycles. The molecule has 178 valence electrons. The van der Waals surface area contributed by atoms with Crippen LogP contribution >= 0.6 is 0 Å². The lowest BCUT2D eigenvalue weighted by Crippen LogP contribution is -2.46. The van der Waals surface area contributed by atoms with Crippen molar-refractivity contribution in [3.8, 4) is 29.1 Å². The number of aromatic nitrogens is 3. The van der Waals surface area contributed by atoms with Crippen LogP contribution in [0.2, 0.25) is 0 Å². The fourth-order valence-corrected chi connectivity index (χ4v) is 3.92. The van der Waals surface area contributed by atoms with Gasteiger partial charge >= 0.3 is 0 Å². The zero-order chi connectivity index (χ0) is 25.1. The number of hydrogen-bond donors (Lipinski definition) is 0. The number of carbonyl (C=O) groups excluding carboxylic acids is 2. The standard InChI is InChI=1S/C24H22N6O5/c1-29-22(31)16(10-14-8-6-5-7-9-14)19-20(23(29)32)28-30(24(27-19)26-13-25)15-11-17(33-2)21(35-4)18(12-15)34-3/h5-9,11-12,16H,10H2,1-4H3. The first-order chi connectivity index (χ1) is 16.9. The van der Waals surface area contributed by atoms with Crippen LogP contribution < -0.4 is 19.8 Å². The van der Waals surface area contributed by atoms with E-state index in [-0.39, 0.29) is 17.0 Å². The first-order valence-corrected chi connectivity index (χ1v) is 10.5. The minimum atomic E-state index is -0.773. The van der Waals surface area contributed by atoms with Crippen molar-refractivity contribution >= 4 is 11.8 Å². The Morgan fingerprint density at radius 2 is 1.71 bits per heavy atom. The first-order valence-electron chi connectivity index (χ1n) is 10.5. The van der Waals surface area contributed by atoms with Crippen molar-refractivity contribution in [1.82, 2.24) is 19.7 Å². The number of methoxy groups -OCH3 is 3. The number of benzene rings is 2. The molecule has 11 nitrogen and oxygen atoms in total. The molecule has 1 unspecified atom stereocenters. The summed E-state index contributed by atoms with van der Waals surface area (Å²) in [5.74, 6) is -0.770. The van der Waals surface area contributed by atoms with E-state index in [1.54, 1.807) is 18.3 Å². The van der Waals surface area contributed by atoms with E-state index in [0.29, 0.717) is 29.4 Å². The van der Waals surface area contributed by atoms with Gasteiger partial charge in [-0.2, -0.15) is 15.0 Å². The second-order valence-corrected chi connectivity index (χ2v) is 7.60. The van der Waals surface area contributed by atoms with E-state index < -0.39 is 17.7 Å². The second-order valence-electron chi connectivity index (χ2n) is 7.60. The summed E-state index contributed by atoms with van der Waals surface area (Å²) < 4.78 is 17.4. The van der Waals surface area contributed by atoms with Crippen LogP contribution in [0.1, 0.15) is 27.7 Å². The van der Waals surface area contributed by atoms with Gasteiger partial charge in [0.15, 0.2) is 17.2 Å². The van der Waals surface area contributed by atoms with Crippen molar-refractivity contribution in [3.05, 3.63) is 65.0 Å². The molecular formula is C24H22N6O5. The van der Waals surface area contributed by atoms with E-state index in [2.05, 4.69) is 15.1 Å². The van der Waals surface area contributed by atoms with Gasteiger partial charge in [-0.15, -0.1) is 4.99 Å². The van der Waals surface area contributed by atoms with Crippen molar-refractivity contribution < 1.29 is 23.8 Å².